The van der Waals surface area contributed by atoms with Crippen LogP contribution in [0.15, 0.2) is 24.3 Å². The number of aromatic hydroxyl groups is 1. The number of hydrogen-bond donors (Lipinski definition) is 2. The third-order valence-corrected chi connectivity index (χ3v) is 2.85. The summed E-state index contributed by atoms with van der Waals surface area (Å²) in [6, 6.07) is 6.70. The number of para-hydroxylation sites is 2. The predicted octanol–water partition coefficient (Wildman–Crippen LogP) is 1.02. The van der Waals surface area contributed by atoms with Crippen molar-refractivity contribution in [3.63, 3.8) is 0 Å². The largest absolute Gasteiger partial charge is 0.506 e. The summed E-state index contributed by atoms with van der Waals surface area (Å²) in [5, 5.41) is 18.4. The second kappa shape index (κ2) is 5.05. The van der Waals surface area contributed by atoms with Gasteiger partial charge in [-0.25, -0.2) is 4.79 Å². The van der Waals surface area contributed by atoms with Crippen LogP contribution >= 0.6 is 0 Å². The Kier molecular flexibility index (Phi) is 3.49. The molecule has 0 spiro atoms. The molecule has 1 fully saturated rings. The minimum Gasteiger partial charge on any atom is -0.506 e. The van der Waals surface area contributed by atoms with Crippen LogP contribution in [-0.2, 0) is 0 Å². The van der Waals surface area contributed by atoms with Gasteiger partial charge in [-0.3, -0.25) is 4.90 Å². The summed E-state index contributed by atoms with van der Waals surface area (Å²) in [4.78, 5) is 15.3. The van der Waals surface area contributed by atoms with Gasteiger partial charge in [-0.05, 0) is 18.6 Å². The van der Waals surface area contributed by atoms with Gasteiger partial charge in [-0.1, -0.05) is 12.1 Å². The normalized spacial score (nSPS) is 15.7. The fraction of sp³-hybridized carbons (Fsp3) is 0.417. The molecule has 0 atom stereocenters. The number of anilines is 1. The fourth-order valence-electron chi connectivity index (χ4n) is 1.97. The van der Waals surface area contributed by atoms with Crippen molar-refractivity contribution in [3.8, 4) is 5.75 Å². The summed E-state index contributed by atoms with van der Waals surface area (Å²) in [6.45, 7) is 1.84. The maximum atomic E-state index is 12.0. The van der Waals surface area contributed by atoms with E-state index in [-0.39, 0.29) is 18.4 Å². The zero-order valence-corrected chi connectivity index (χ0v) is 9.54. The standard InChI is InChI=1S/C12H16N2O3/c15-9-3-6-13-7-8-14(12(13)17)10-4-1-2-5-11(10)16/h1-2,4-5,15-16H,3,6-9H2. The fourth-order valence-corrected chi connectivity index (χ4v) is 1.97. The molecule has 1 aliphatic rings. The lowest BCUT2D eigenvalue weighted by atomic mass is 10.3. The highest BCUT2D eigenvalue weighted by Gasteiger charge is 2.30. The van der Waals surface area contributed by atoms with Crippen LogP contribution < -0.4 is 4.90 Å². The monoisotopic (exact) mass is 236 g/mol. The summed E-state index contributed by atoms with van der Waals surface area (Å²) < 4.78 is 0. The molecule has 0 bridgehead atoms. The second-order valence-corrected chi connectivity index (χ2v) is 3.99. The Morgan fingerprint density at radius 3 is 2.71 bits per heavy atom. The Bertz CT molecular complexity index is 408. The van der Waals surface area contributed by atoms with Gasteiger partial charge in [0, 0.05) is 26.2 Å². The molecule has 1 heterocycles. The summed E-state index contributed by atoms with van der Waals surface area (Å²) in [7, 11) is 0. The van der Waals surface area contributed by atoms with Gasteiger partial charge < -0.3 is 15.1 Å². The highest BCUT2D eigenvalue weighted by Crippen LogP contribution is 2.29. The van der Waals surface area contributed by atoms with E-state index in [1.807, 2.05) is 0 Å². The molecule has 0 aliphatic carbocycles. The molecule has 0 radical (unpaired) electrons. The number of rotatable bonds is 4. The quantitative estimate of drug-likeness (QED) is 0.820. The summed E-state index contributed by atoms with van der Waals surface area (Å²) in [6.07, 6.45) is 0.584. The van der Waals surface area contributed by atoms with Gasteiger partial charge in [-0.2, -0.15) is 0 Å². The van der Waals surface area contributed by atoms with Gasteiger partial charge >= 0.3 is 6.03 Å². The van der Waals surface area contributed by atoms with Gasteiger partial charge in [0.05, 0.1) is 5.69 Å². The summed E-state index contributed by atoms with van der Waals surface area (Å²) in [5.41, 5.74) is 0.545. The molecule has 0 aromatic heterocycles. The van der Waals surface area contributed by atoms with Crippen LogP contribution in [0.5, 0.6) is 5.75 Å². The third-order valence-electron chi connectivity index (χ3n) is 2.85. The number of carbonyl (C=O) groups is 1. The van der Waals surface area contributed by atoms with E-state index < -0.39 is 0 Å². The van der Waals surface area contributed by atoms with Crippen LogP contribution in [0.2, 0.25) is 0 Å². The van der Waals surface area contributed by atoms with Crippen LogP contribution in [0.4, 0.5) is 10.5 Å². The van der Waals surface area contributed by atoms with Crippen molar-refractivity contribution in [1.29, 1.82) is 0 Å². The van der Waals surface area contributed by atoms with Crippen molar-refractivity contribution in [3.05, 3.63) is 24.3 Å². The number of hydrogen-bond acceptors (Lipinski definition) is 3. The van der Waals surface area contributed by atoms with Crippen molar-refractivity contribution in [2.45, 2.75) is 6.42 Å². The molecule has 5 nitrogen and oxygen atoms in total. The molecular formula is C12H16N2O3. The van der Waals surface area contributed by atoms with E-state index in [0.717, 1.165) is 0 Å². The Hall–Kier alpha value is -1.75. The van der Waals surface area contributed by atoms with Crippen LogP contribution in [0.25, 0.3) is 0 Å². The SMILES string of the molecule is O=C1N(CCCO)CCN1c1ccccc1O. The third kappa shape index (κ3) is 2.34. The molecule has 17 heavy (non-hydrogen) atoms. The molecule has 92 valence electrons. The maximum Gasteiger partial charge on any atom is 0.324 e. The maximum absolute atomic E-state index is 12.0. The van der Waals surface area contributed by atoms with Crippen LogP contribution in [0.3, 0.4) is 0 Å². The van der Waals surface area contributed by atoms with Crippen molar-refractivity contribution in [2.24, 2.45) is 0 Å². The number of carbonyl (C=O) groups excluding carboxylic acids is 1. The van der Waals surface area contributed by atoms with E-state index >= 15 is 0 Å². The van der Waals surface area contributed by atoms with Crippen molar-refractivity contribution in [1.82, 2.24) is 4.90 Å². The Balaban J connectivity index is 2.10. The molecule has 0 unspecified atom stereocenters. The van der Waals surface area contributed by atoms with E-state index in [1.165, 1.54) is 0 Å². The summed E-state index contributed by atoms with van der Waals surface area (Å²) >= 11 is 0. The number of phenols is 1. The average Bonchev–Trinajstić information content (AvgIpc) is 2.69. The molecule has 2 rings (SSSR count). The second-order valence-electron chi connectivity index (χ2n) is 3.99. The van der Waals surface area contributed by atoms with Gasteiger partial charge in [0.25, 0.3) is 0 Å². The van der Waals surface area contributed by atoms with Crippen LogP contribution in [0.1, 0.15) is 6.42 Å². The molecule has 1 aromatic rings. The number of phenolic OH excluding ortho intramolecular Hbond substituents is 1. The first-order valence-corrected chi connectivity index (χ1v) is 5.69. The average molecular weight is 236 g/mol. The minimum atomic E-state index is -0.111. The lowest BCUT2D eigenvalue weighted by molar-refractivity contribution is 0.211. The van der Waals surface area contributed by atoms with Crippen LogP contribution in [-0.4, -0.2) is 47.4 Å². The lowest BCUT2D eigenvalue weighted by Crippen LogP contribution is -2.32. The van der Waals surface area contributed by atoms with Gasteiger partial charge in [-0.15, -0.1) is 0 Å². The van der Waals surface area contributed by atoms with E-state index in [1.54, 1.807) is 34.1 Å². The van der Waals surface area contributed by atoms with E-state index in [0.29, 0.717) is 31.7 Å². The zero-order valence-electron chi connectivity index (χ0n) is 9.54. The summed E-state index contributed by atoms with van der Waals surface area (Å²) in [5.74, 6) is 0.116. The first-order chi connectivity index (χ1) is 8.24. The number of benzene rings is 1. The Labute approximate surface area is 99.9 Å². The highest BCUT2D eigenvalue weighted by atomic mass is 16.3. The first-order valence-electron chi connectivity index (χ1n) is 5.69. The number of urea groups is 1. The first kappa shape index (κ1) is 11.7. The van der Waals surface area contributed by atoms with Gasteiger partial charge in [0.1, 0.15) is 5.75 Å². The van der Waals surface area contributed by atoms with Crippen molar-refractivity contribution >= 4 is 11.7 Å². The van der Waals surface area contributed by atoms with E-state index in [4.69, 9.17) is 5.11 Å². The number of aliphatic hydroxyl groups excluding tert-OH is 1. The molecule has 1 aromatic carbocycles. The number of amides is 2. The van der Waals surface area contributed by atoms with E-state index in [2.05, 4.69) is 0 Å². The topological polar surface area (TPSA) is 64.0 Å². The highest BCUT2D eigenvalue weighted by molar-refractivity contribution is 5.95. The van der Waals surface area contributed by atoms with Crippen LogP contribution in [0, 0.1) is 0 Å². The Morgan fingerprint density at radius 1 is 1.24 bits per heavy atom. The molecule has 5 heteroatoms. The Morgan fingerprint density at radius 2 is 2.00 bits per heavy atom. The van der Waals surface area contributed by atoms with Crippen molar-refractivity contribution < 1.29 is 15.0 Å². The minimum absolute atomic E-state index is 0.0837. The zero-order chi connectivity index (χ0) is 12.3. The number of nitrogens with zero attached hydrogens (tertiary/aromatic N) is 2. The van der Waals surface area contributed by atoms with Gasteiger partial charge in [0.2, 0.25) is 0 Å². The van der Waals surface area contributed by atoms with Crippen molar-refractivity contribution in [2.75, 3.05) is 31.1 Å². The molecule has 0 saturated carbocycles. The van der Waals surface area contributed by atoms with Gasteiger partial charge in [0.15, 0.2) is 0 Å². The molecule has 1 saturated heterocycles. The smallest absolute Gasteiger partial charge is 0.324 e. The number of aliphatic hydroxyl groups is 1. The molecular weight excluding hydrogens is 220 g/mol. The molecule has 2 N–H and O–H groups in total. The molecule has 2 amide bonds. The van der Waals surface area contributed by atoms with E-state index in [9.17, 15) is 9.90 Å². The lowest BCUT2D eigenvalue weighted by Gasteiger charge is -2.19. The predicted molar refractivity (Wildman–Crippen MR) is 64.1 cm³/mol. The molecule has 1 aliphatic heterocycles.